The molecule has 0 aliphatic heterocycles. The third kappa shape index (κ3) is 5.08. The Kier molecular flexibility index (Phi) is 6.86. The zero-order valence-corrected chi connectivity index (χ0v) is 11.1. The van der Waals surface area contributed by atoms with Crippen LogP contribution in [0.3, 0.4) is 0 Å². The molecule has 1 amide bonds. The summed E-state index contributed by atoms with van der Waals surface area (Å²) in [6, 6.07) is 4.44. The molecule has 3 nitrogen and oxygen atoms in total. The van der Waals surface area contributed by atoms with Crippen LogP contribution in [0.15, 0.2) is 24.3 Å². The van der Waals surface area contributed by atoms with Crippen molar-refractivity contribution < 1.29 is 18.0 Å². The zero-order valence-electron chi connectivity index (χ0n) is 10.3. The topological polar surface area (TPSA) is 55.1 Å². The fraction of sp³-hybridized carbons (Fsp3) is 0.417. The molecule has 0 aromatic heterocycles. The van der Waals surface area contributed by atoms with Gasteiger partial charge in [-0.15, -0.1) is 12.4 Å². The van der Waals surface area contributed by atoms with Gasteiger partial charge in [0.15, 0.2) is 0 Å². The molecule has 0 fully saturated rings. The monoisotopic (exact) mass is 296 g/mol. The van der Waals surface area contributed by atoms with Crippen LogP contribution in [-0.2, 0) is 17.5 Å². The highest BCUT2D eigenvalue weighted by atomic mass is 35.5. The van der Waals surface area contributed by atoms with Gasteiger partial charge in [-0.3, -0.25) is 4.79 Å². The average molecular weight is 297 g/mol. The highest BCUT2D eigenvalue weighted by Crippen LogP contribution is 2.31. The quantitative estimate of drug-likeness (QED) is 0.897. The molecule has 0 spiro atoms. The fourth-order valence-electron chi connectivity index (χ4n) is 1.45. The SMILES string of the molecule is CC[C@H](N)C(=O)NCc1ccccc1C(F)(F)F.Cl. The Bertz CT molecular complexity index is 424. The molecule has 0 saturated carbocycles. The zero-order chi connectivity index (χ0) is 13.8. The number of hydrogen-bond acceptors (Lipinski definition) is 2. The van der Waals surface area contributed by atoms with E-state index in [1.54, 1.807) is 6.92 Å². The van der Waals surface area contributed by atoms with E-state index in [0.717, 1.165) is 6.07 Å². The molecule has 3 N–H and O–H groups in total. The molecule has 7 heteroatoms. The van der Waals surface area contributed by atoms with Crippen LogP contribution in [0, 0.1) is 0 Å². The van der Waals surface area contributed by atoms with Crippen LogP contribution in [0.2, 0.25) is 0 Å². The summed E-state index contributed by atoms with van der Waals surface area (Å²) in [5.41, 5.74) is 4.76. The van der Waals surface area contributed by atoms with E-state index in [2.05, 4.69) is 5.32 Å². The summed E-state index contributed by atoms with van der Waals surface area (Å²) in [6.45, 7) is 1.55. The van der Waals surface area contributed by atoms with Crippen molar-refractivity contribution in [2.24, 2.45) is 5.73 Å². The van der Waals surface area contributed by atoms with Gasteiger partial charge < -0.3 is 11.1 Å². The highest BCUT2D eigenvalue weighted by Gasteiger charge is 2.32. The van der Waals surface area contributed by atoms with E-state index in [4.69, 9.17) is 5.73 Å². The molecule has 108 valence electrons. The standard InChI is InChI=1S/C12H15F3N2O.ClH/c1-2-10(16)11(18)17-7-8-5-3-4-6-9(8)12(13,14)15;/h3-6,10H,2,7,16H2,1H3,(H,17,18);1H/t10-;/m0./s1. The van der Waals surface area contributed by atoms with Gasteiger partial charge in [-0.05, 0) is 18.1 Å². The first-order valence-corrected chi connectivity index (χ1v) is 5.54. The van der Waals surface area contributed by atoms with E-state index in [1.807, 2.05) is 0 Å². The summed E-state index contributed by atoms with van der Waals surface area (Å²) in [6.07, 6.45) is -3.99. The lowest BCUT2D eigenvalue weighted by molar-refractivity contribution is -0.138. The predicted octanol–water partition coefficient (Wildman–Crippen LogP) is 2.48. The van der Waals surface area contributed by atoms with Crippen molar-refractivity contribution >= 4 is 18.3 Å². The Morgan fingerprint density at radius 3 is 2.47 bits per heavy atom. The number of nitrogens with one attached hydrogen (secondary N) is 1. The van der Waals surface area contributed by atoms with Crippen LogP contribution in [0.5, 0.6) is 0 Å². The maximum absolute atomic E-state index is 12.7. The number of amides is 1. The van der Waals surface area contributed by atoms with Gasteiger partial charge in [0.25, 0.3) is 0 Å². The van der Waals surface area contributed by atoms with Crippen molar-refractivity contribution in [3.8, 4) is 0 Å². The van der Waals surface area contributed by atoms with E-state index >= 15 is 0 Å². The normalized spacial score (nSPS) is 12.5. The van der Waals surface area contributed by atoms with E-state index in [9.17, 15) is 18.0 Å². The van der Waals surface area contributed by atoms with Crippen LogP contribution in [0.25, 0.3) is 0 Å². The van der Waals surface area contributed by atoms with E-state index in [1.165, 1.54) is 18.2 Å². The van der Waals surface area contributed by atoms with Gasteiger partial charge in [0, 0.05) is 6.54 Å². The molecule has 0 aliphatic carbocycles. The summed E-state index contributed by atoms with van der Waals surface area (Å²) in [7, 11) is 0. The molecule has 0 aliphatic rings. The van der Waals surface area contributed by atoms with Gasteiger partial charge in [0.2, 0.25) is 5.91 Å². The fourth-order valence-corrected chi connectivity index (χ4v) is 1.45. The molecule has 19 heavy (non-hydrogen) atoms. The van der Waals surface area contributed by atoms with E-state index < -0.39 is 23.7 Å². The first-order valence-electron chi connectivity index (χ1n) is 5.54. The van der Waals surface area contributed by atoms with Crippen molar-refractivity contribution in [1.29, 1.82) is 0 Å². The smallest absolute Gasteiger partial charge is 0.351 e. The third-order valence-electron chi connectivity index (χ3n) is 2.55. The minimum absolute atomic E-state index is 0. The largest absolute Gasteiger partial charge is 0.416 e. The molecule has 0 radical (unpaired) electrons. The maximum atomic E-state index is 12.7. The summed E-state index contributed by atoms with van der Waals surface area (Å²) in [4.78, 5) is 11.4. The first-order chi connectivity index (χ1) is 8.36. The third-order valence-corrected chi connectivity index (χ3v) is 2.55. The van der Waals surface area contributed by atoms with Crippen LogP contribution in [0.1, 0.15) is 24.5 Å². The minimum atomic E-state index is -4.42. The second-order valence-corrected chi connectivity index (χ2v) is 3.89. The van der Waals surface area contributed by atoms with Gasteiger partial charge in [0.1, 0.15) is 0 Å². The second-order valence-electron chi connectivity index (χ2n) is 3.89. The average Bonchev–Trinajstić information content (AvgIpc) is 2.34. The van der Waals surface area contributed by atoms with Crippen LogP contribution < -0.4 is 11.1 Å². The Hall–Kier alpha value is -1.27. The highest BCUT2D eigenvalue weighted by molar-refractivity contribution is 5.85. The number of carbonyl (C=O) groups excluding carboxylic acids is 1. The molecule has 1 atom stereocenters. The summed E-state index contributed by atoms with van der Waals surface area (Å²) in [5, 5.41) is 2.40. The lowest BCUT2D eigenvalue weighted by Gasteiger charge is -2.14. The number of alkyl halides is 3. The Balaban J connectivity index is 0.00000324. The Morgan fingerprint density at radius 2 is 1.95 bits per heavy atom. The molecule has 1 aromatic carbocycles. The van der Waals surface area contributed by atoms with E-state index in [-0.39, 0.29) is 24.5 Å². The molecule has 1 aromatic rings. The molecule has 0 heterocycles. The van der Waals surface area contributed by atoms with Gasteiger partial charge in [-0.25, -0.2) is 0 Å². The van der Waals surface area contributed by atoms with E-state index in [0.29, 0.717) is 6.42 Å². The predicted molar refractivity (Wildman–Crippen MR) is 68.8 cm³/mol. The number of nitrogens with two attached hydrogens (primary N) is 1. The number of halogens is 4. The summed E-state index contributed by atoms with van der Waals surface area (Å²) >= 11 is 0. The first kappa shape index (κ1) is 17.7. The van der Waals surface area contributed by atoms with Crippen LogP contribution in [0.4, 0.5) is 13.2 Å². The molecule has 0 unspecified atom stereocenters. The second kappa shape index (κ2) is 7.35. The van der Waals surface area contributed by atoms with Crippen molar-refractivity contribution in [3.63, 3.8) is 0 Å². The molecular formula is C12H16ClF3N2O. The van der Waals surface area contributed by atoms with Crippen molar-refractivity contribution in [2.75, 3.05) is 0 Å². The number of hydrogen-bond donors (Lipinski definition) is 2. The van der Waals surface area contributed by atoms with Gasteiger partial charge >= 0.3 is 6.18 Å². The van der Waals surface area contributed by atoms with Gasteiger partial charge in [0.05, 0.1) is 11.6 Å². The number of benzene rings is 1. The van der Waals surface area contributed by atoms with Crippen molar-refractivity contribution in [1.82, 2.24) is 5.32 Å². The van der Waals surface area contributed by atoms with Crippen LogP contribution in [-0.4, -0.2) is 11.9 Å². The Morgan fingerprint density at radius 1 is 1.37 bits per heavy atom. The summed E-state index contributed by atoms with van der Waals surface area (Å²) < 4.78 is 38.0. The lowest BCUT2D eigenvalue weighted by Crippen LogP contribution is -2.39. The maximum Gasteiger partial charge on any atom is 0.416 e. The van der Waals surface area contributed by atoms with Crippen molar-refractivity contribution in [2.45, 2.75) is 32.1 Å². The minimum Gasteiger partial charge on any atom is -0.351 e. The number of carbonyl (C=O) groups is 1. The molecule has 0 saturated heterocycles. The van der Waals surface area contributed by atoms with Crippen LogP contribution >= 0.6 is 12.4 Å². The number of rotatable bonds is 4. The molecule has 0 bridgehead atoms. The Labute approximate surface area is 115 Å². The molecule has 1 rings (SSSR count). The van der Waals surface area contributed by atoms with Gasteiger partial charge in [-0.2, -0.15) is 13.2 Å². The molecular weight excluding hydrogens is 281 g/mol. The lowest BCUT2D eigenvalue weighted by atomic mass is 10.1. The van der Waals surface area contributed by atoms with Crippen molar-refractivity contribution in [3.05, 3.63) is 35.4 Å². The summed E-state index contributed by atoms with van der Waals surface area (Å²) in [5.74, 6) is -0.450. The van der Waals surface area contributed by atoms with Gasteiger partial charge in [-0.1, -0.05) is 25.1 Å².